The van der Waals surface area contributed by atoms with E-state index in [9.17, 15) is 13.2 Å². The van der Waals surface area contributed by atoms with Crippen LogP contribution in [-0.2, 0) is 25.9 Å². The number of amides is 1. The van der Waals surface area contributed by atoms with E-state index in [-0.39, 0.29) is 10.8 Å². The summed E-state index contributed by atoms with van der Waals surface area (Å²) in [5.41, 5.74) is 2.03. The van der Waals surface area contributed by atoms with E-state index in [2.05, 4.69) is 5.32 Å². The Balaban J connectivity index is 1.63. The minimum absolute atomic E-state index is 0.116. The number of hydrogen-bond donors (Lipinski definition) is 1. The van der Waals surface area contributed by atoms with Gasteiger partial charge in [0.1, 0.15) is 0 Å². The lowest BCUT2D eigenvalue weighted by Crippen LogP contribution is -2.30. The molecule has 7 nitrogen and oxygen atoms in total. The number of anilines is 1. The number of fused-ring (bicyclic) bond motifs is 1. The molecule has 0 atom stereocenters. The third-order valence-corrected chi connectivity index (χ3v) is 6.52. The summed E-state index contributed by atoms with van der Waals surface area (Å²) < 4.78 is 37.9. The van der Waals surface area contributed by atoms with Crippen molar-refractivity contribution in [1.29, 1.82) is 0 Å². The fourth-order valence-electron chi connectivity index (χ4n) is 3.21. The number of hydrogen-bond acceptors (Lipinski definition) is 5. The molecular weight excluding hydrogens is 392 g/mol. The first kappa shape index (κ1) is 21.3. The molecule has 0 unspecified atom stereocenters. The maximum absolute atomic E-state index is 13.1. The maximum atomic E-state index is 13.1. The average Bonchev–Trinajstić information content (AvgIpc) is 3.18. The summed E-state index contributed by atoms with van der Waals surface area (Å²) in [5, 5.41) is 2.80. The number of benzene rings is 2. The first-order valence-electron chi connectivity index (χ1n) is 9.59. The van der Waals surface area contributed by atoms with E-state index >= 15 is 0 Å². The minimum Gasteiger partial charge on any atom is -0.382 e. The van der Waals surface area contributed by atoms with Gasteiger partial charge in [-0.1, -0.05) is 24.3 Å². The van der Waals surface area contributed by atoms with Crippen LogP contribution in [0.2, 0.25) is 0 Å². The van der Waals surface area contributed by atoms with Crippen molar-refractivity contribution in [2.24, 2.45) is 0 Å². The third-order valence-electron chi connectivity index (χ3n) is 4.71. The molecule has 1 amide bonds. The van der Waals surface area contributed by atoms with Crippen molar-refractivity contribution in [2.75, 3.05) is 44.3 Å². The van der Waals surface area contributed by atoms with Gasteiger partial charge in [0.15, 0.2) is 0 Å². The zero-order valence-corrected chi connectivity index (χ0v) is 17.3. The van der Waals surface area contributed by atoms with Gasteiger partial charge in [-0.3, -0.25) is 9.10 Å². The summed E-state index contributed by atoms with van der Waals surface area (Å²) in [6.07, 6.45) is 1.35. The number of methoxy groups -OCH3 is 1. The molecule has 0 bridgehead atoms. The smallest absolute Gasteiger partial charge is 0.264 e. The second kappa shape index (κ2) is 9.87. The normalized spacial score (nSPS) is 13.3. The Morgan fingerprint density at radius 1 is 1.10 bits per heavy atom. The number of rotatable bonds is 10. The lowest BCUT2D eigenvalue weighted by atomic mass is 10.2. The highest BCUT2D eigenvalue weighted by Gasteiger charge is 2.30. The van der Waals surface area contributed by atoms with Crippen LogP contribution < -0.4 is 9.62 Å². The van der Waals surface area contributed by atoms with Crippen molar-refractivity contribution >= 4 is 21.6 Å². The molecule has 1 N–H and O–H groups in total. The van der Waals surface area contributed by atoms with Crippen LogP contribution in [0.15, 0.2) is 53.4 Å². The molecule has 0 aromatic heterocycles. The molecule has 1 heterocycles. The van der Waals surface area contributed by atoms with Crippen LogP contribution in [0.5, 0.6) is 0 Å². The van der Waals surface area contributed by atoms with Crippen molar-refractivity contribution in [3.63, 3.8) is 0 Å². The number of sulfonamides is 1. The van der Waals surface area contributed by atoms with Crippen molar-refractivity contribution < 1.29 is 22.7 Å². The Kier molecular flexibility index (Phi) is 7.24. The van der Waals surface area contributed by atoms with Crippen molar-refractivity contribution in [3.05, 3.63) is 59.7 Å². The molecule has 0 spiro atoms. The SMILES string of the molecule is COCCOCCCNC(=O)c1cccc(S(=O)(=O)N2CCc3ccccc32)c1. The highest BCUT2D eigenvalue weighted by atomic mass is 32.2. The van der Waals surface area contributed by atoms with E-state index in [4.69, 9.17) is 9.47 Å². The van der Waals surface area contributed by atoms with Crippen molar-refractivity contribution in [3.8, 4) is 0 Å². The number of para-hydroxylation sites is 1. The Morgan fingerprint density at radius 3 is 2.76 bits per heavy atom. The second-order valence-corrected chi connectivity index (χ2v) is 8.56. The molecule has 156 valence electrons. The van der Waals surface area contributed by atoms with E-state index < -0.39 is 10.0 Å². The zero-order valence-electron chi connectivity index (χ0n) is 16.5. The van der Waals surface area contributed by atoms with Crippen LogP contribution in [0, 0.1) is 0 Å². The summed E-state index contributed by atoms with van der Waals surface area (Å²) in [7, 11) is -2.11. The largest absolute Gasteiger partial charge is 0.382 e. The van der Waals surface area contributed by atoms with Gasteiger partial charge in [0.25, 0.3) is 15.9 Å². The van der Waals surface area contributed by atoms with E-state index in [1.807, 2.05) is 24.3 Å². The fourth-order valence-corrected chi connectivity index (χ4v) is 4.75. The van der Waals surface area contributed by atoms with Crippen molar-refractivity contribution in [1.82, 2.24) is 5.32 Å². The Morgan fingerprint density at radius 2 is 1.93 bits per heavy atom. The number of nitrogens with one attached hydrogen (secondary N) is 1. The number of carbonyl (C=O) groups excluding carboxylic acids is 1. The van der Waals surface area contributed by atoms with Gasteiger partial charge in [-0.05, 0) is 42.7 Å². The molecule has 0 fully saturated rings. The van der Waals surface area contributed by atoms with Gasteiger partial charge in [0.05, 0.1) is 23.8 Å². The molecular formula is C21H26N2O5S. The summed E-state index contributed by atoms with van der Waals surface area (Å²) in [4.78, 5) is 12.5. The summed E-state index contributed by atoms with van der Waals surface area (Å²) in [5.74, 6) is -0.305. The number of nitrogens with zero attached hydrogens (tertiary/aromatic N) is 1. The minimum atomic E-state index is -3.72. The quantitative estimate of drug-likeness (QED) is 0.598. The lowest BCUT2D eigenvalue weighted by Gasteiger charge is -2.20. The molecule has 2 aromatic rings. The first-order valence-corrected chi connectivity index (χ1v) is 11.0. The summed E-state index contributed by atoms with van der Waals surface area (Å²) >= 11 is 0. The molecule has 3 rings (SSSR count). The molecule has 1 aliphatic heterocycles. The third kappa shape index (κ3) is 5.14. The lowest BCUT2D eigenvalue weighted by molar-refractivity contribution is 0.0688. The molecule has 0 radical (unpaired) electrons. The highest BCUT2D eigenvalue weighted by molar-refractivity contribution is 7.92. The molecule has 29 heavy (non-hydrogen) atoms. The first-order chi connectivity index (χ1) is 14.0. The molecule has 0 saturated heterocycles. The van der Waals surface area contributed by atoms with Gasteiger partial charge in [-0.15, -0.1) is 0 Å². The highest BCUT2D eigenvalue weighted by Crippen LogP contribution is 2.32. The van der Waals surface area contributed by atoms with E-state index in [0.717, 1.165) is 5.56 Å². The van der Waals surface area contributed by atoms with Crippen LogP contribution in [-0.4, -0.2) is 54.3 Å². The van der Waals surface area contributed by atoms with Gasteiger partial charge >= 0.3 is 0 Å². The van der Waals surface area contributed by atoms with Crippen LogP contribution >= 0.6 is 0 Å². The van der Waals surface area contributed by atoms with Gasteiger partial charge in [0, 0.05) is 32.4 Å². The molecule has 2 aromatic carbocycles. The Bertz CT molecular complexity index is 946. The maximum Gasteiger partial charge on any atom is 0.264 e. The fraction of sp³-hybridized carbons (Fsp3) is 0.381. The van der Waals surface area contributed by atoms with Crippen LogP contribution in [0.1, 0.15) is 22.3 Å². The molecule has 0 aliphatic carbocycles. The van der Waals surface area contributed by atoms with E-state index in [1.165, 1.54) is 16.4 Å². The predicted molar refractivity (Wildman–Crippen MR) is 111 cm³/mol. The van der Waals surface area contributed by atoms with Crippen LogP contribution in [0.3, 0.4) is 0 Å². The van der Waals surface area contributed by atoms with Gasteiger partial charge in [-0.25, -0.2) is 8.42 Å². The Labute approximate surface area is 171 Å². The van der Waals surface area contributed by atoms with E-state index in [0.29, 0.717) is 57.0 Å². The van der Waals surface area contributed by atoms with Crippen molar-refractivity contribution in [2.45, 2.75) is 17.7 Å². The monoisotopic (exact) mass is 418 g/mol. The van der Waals surface area contributed by atoms with Gasteiger partial charge in [-0.2, -0.15) is 0 Å². The number of ether oxygens (including phenoxy) is 2. The molecule has 1 aliphatic rings. The Hall–Kier alpha value is -2.42. The number of carbonyl (C=O) groups is 1. The van der Waals surface area contributed by atoms with E-state index in [1.54, 1.807) is 19.2 Å². The van der Waals surface area contributed by atoms with Crippen LogP contribution in [0.25, 0.3) is 0 Å². The zero-order chi connectivity index (χ0) is 20.7. The predicted octanol–water partition coefficient (Wildman–Crippen LogP) is 2.22. The topological polar surface area (TPSA) is 84.9 Å². The van der Waals surface area contributed by atoms with Crippen LogP contribution in [0.4, 0.5) is 5.69 Å². The molecule has 8 heteroatoms. The standard InChI is InChI=1S/C21H26N2O5S/c1-27-14-15-28-13-5-11-22-21(24)18-7-4-8-19(16-18)29(25,26)23-12-10-17-6-2-3-9-20(17)23/h2-4,6-9,16H,5,10-15H2,1H3,(H,22,24). The molecule has 0 saturated carbocycles. The summed E-state index contributed by atoms with van der Waals surface area (Å²) in [6.45, 7) is 2.43. The second-order valence-electron chi connectivity index (χ2n) is 6.70. The summed E-state index contributed by atoms with van der Waals surface area (Å²) in [6, 6.07) is 13.6. The van der Waals surface area contributed by atoms with Gasteiger partial charge in [0.2, 0.25) is 0 Å². The van der Waals surface area contributed by atoms with Gasteiger partial charge < -0.3 is 14.8 Å². The average molecular weight is 419 g/mol.